The maximum absolute atomic E-state index is 5.45. The third-order valence-corrected chi connectivity index (χ3v) is 4.69. The number of ether oxygens (including phenoxy) is 1. The fraction of sp³-hybridized carbons (Fsp3) is 0.438. The van der Waals surface area contributed by atoms with Crippen molar-refractivity contribution in [3.05, 3.63) is 40.8 Å². The minimum Gasteiger partial charge on any atom is -0.381 e. The van der Waals surface area contributed by atoms with Crippen LogP contribution in [0.15, 0.2) is 35.1 Å². The Hall–Kier alpha value is -1.13. The Kier molecular flexibility index (Phi) is 4.22. The van der Waals surface area contributed by atoms with Gasteiger partial charge in [-0.05, 0) is 41.1 Å². The zero-order valence-corrected chi connectivity index (χ0v) is 13.3. The molecule has 0 unspecified atom stereocenters. The van der Waals surface area contributed by atoms with Gasteiger partial charge in [0, 0.05) is 25.8 Å². The number of aromatic nitrogens is 2. The molecule has 0 radical (unpaired) electrons. The molecule has 2 heterocycles. The van der Waals surface area contributed by atoms with Gasteiger partial charge in [0.15, 0.2) is 4.73 Å². The summed E-state index contributed by atoms with van der Waals surface area (Å²) >= 11 is 3.56. The van der Waals surface area contributed by atoms with E-state index in [2.05, 4.69) is 51.8 Å². The molecular formula is C16H19BrN2O. The Morgan fingerprint density at radius 2 is 1.95 bits per heavy atom. The summed E-state index contributed by atoms with van der Waals surface area (Å²) in [6, 6.07) is 10.5. The van der Waals surface area contributed by atoms with Crippen molar-refractivity contribution in [2.24, 2.45) is 13.0 Å². The zero-order valence-electron chi connectivity index (χ0n) is 11.7. The van der Waals surface area contributed by atoms with Gasteiger partial charge in [0.2, 0.25) is 0 Å². The number of imidazole rings is 1. The van der Waals surface area contributed by atoms with Crippen molar-refractivity contribution in [1.82, 2.24) is 9.55 Å². The van der Waals surface area contributed by atoms with Crippen LogP contribution in [0.4, 0.5) is 0 Å². The molecule has 0 bridgehead atoms. The van der Waals surface area contributed by atoms with Crippen LogP contribution in [-0.4, -0.2) is 22.8 Å². The van der Waals surface area contributed by atoms with Crippen molar-refractivity contribution >= 4 is 15.9 Å². The van der Waals surface area contributed by atoms with Gasteiger partial charge in [0.1, 0.15) is 0 Å². The molecule has 0 atom stereocenters. The van der Waals surface area contributed by atoms with Crippen molar-refractivity contribution < 1.29 is 4.74 Å². The van der Waals surface area contributed by atoms with Gasteiger partial charge < -0.3 is 9.30 Å². The molecule has 0 N–H and O–H groups in total. The van der Waals surface area contributed by atoms with Gasteiger partial charge in [-0.3, -0.25) is 0 Å². The molecule has 1 saturated heterocycles. The maximum atomic E-state index is 5.45. The summed E-state index contributed by atoms with van der Waals surface area (Å²) in [5, 5.41) is 0. The number of rotatable bonds is 3. The highest BCUT2D eigenvalue weighted by atomic mass is 79.9. The standard InChI is InChI=1S/C16H19BrN2O/c1-19-15(13-5-3-2-4-6-13)14(18-16(19)17)11-12-7-9-20-10-8-12/h2-6,12H,7-11H2,1H3. The Balaban J connectivity index is 1.92. The second-order valence-electron chi connectivity index (χ2n) is 5.36. The van der Waals surface area contributed by atoms with E-state index in [1.807, 2.05) is 6.07 Å². The van der Waals surface area contributed by atoms with E-state index in [9.17, 15) is 0 Å². The van der Waals surface area contributed by atoms with E-state index in [0.29, 0.717) is 5.92 Å². The monoisotopic (exact) mass is 334 g/mol. The van der Waals surface area contributed by atoms with Gasteiger partial charge in [-0.2, -0.15) is 0 Å². The van der Waals surface area contributed by atoms with Crippen LogP contribution < -0.4 is 0 Å². The topological polar surface area (TPSA) is 27.1 Å². The number of nitrogens with zero attached hydrogens (tertiary/aromatic N) is 2. The fourth-order valence-corrected chi connectivity index (χ4v) is 3.24. The summed E-state index contributed by atoms with van der Waals surface area (Å²) in [5.41, 5.74) is 3.65. The summed E-state index contributed by atoms with van der Waals surface area (Å²) in [4.78, 5) is 4.72. The van der Waals surface area contributed by atoms with Crippen LogP contribution in [0.2, 0.25) is 0 Å². The fourth-order valence-electron chi connectivity index (χ4n) is 2.85. The first-order valence-electron chi connectivity index (χ1n) is 7.10. The van der Waals surface area contributed by atoms with Crippen molar-refractivity contribution in [3.8, 4) is 11.3 Å². The lowest BCUT2D eigenvalue weighted by Crippen LogP contribution is -2.18. The summed E-state index contributed by atoms with van der Waals surface area (Å²) < 4.78 is 8.48. The highest BCUT2D eigenvalue weighted by Gasteiger charge is 2.20. The largest absolute Gasteiger partial charge is 0.381 e. The van der Waals surface area contributed by atoms with Crippen LogP contribution in [0.25, 0.3) is 11.3 Å². The average Bonchev–Trinajstić information content (AvgIpc) is 2.76. The smallest absolute Gasteiger partial charge is 0.177 e. The van der Waals surface area contributed by atoms with Crippen molar-refractivity contribution in [2.75, 3.05) is 13.2 Å². The molecule has 0 saturated carbocycles. The van der Waals surface area contributed by atoms with Gasteiger partial charge in [0.25, 0.3) is 0 Å². The van der Waals surface area contributed by atoms with E-state index < -0.39 is 0 Å². The summed E-state index contributed by atoms with van der Waals surface area (Å²) in [6.45, 7) is 1.78. The Labute approximate surface area is 128 Å². The van der Waals surface area contributed by atoms with Crippen LogP contribution in [0.1, 0.15) is 18.5 Å². The molecule has 1 aliphatic heterocycles. The van der Waals surface area contributed by atoms with E-state index in [1.165, 1.54) is 17.0 Å². The van der Waals surface area contributed by atoms with Crippen LogP contribution in [0.3, 0.4) is 0 Å². The predicted molar refractivity (Wildman–Crippen MR) is 83.6 cm³/mol. The average molecular weight is 335 g/mol. The minimum atomic E-state index is 0.688. The first-order valence-corrected chi connectivity index (χ1v) is 7.89. The molecule has 3 rings (SSSR count). The van der Waals surface area contributed by atoms with Crippen molar-refractivity contribution in [3.63, 3.8) is 0 Å². The zero-order chi connectivity index (χ0) is 13.9. The molecular weight excluding hydrogens is 316 g/mol. The van der Waals surface area contributed by atoms with Crippen LogP contribution in [0.5, 0.6) is 0 Å². The Bertz CT molecular complexity index is 574. The van der Waals surface area contributed by atoms with E-state index in [-0.39, 0.29) is 0 Å². The van der Waals surface area contributed by atoms with E-state index in [4.69, 9.17) is 9.72 Å². The number of benzene rings is 1. The number of hydrogen-bond acceptors (Lipinski definition) is 2. The second-order valence-corrected chi connectivity index (χ2v) is 6.07. The second kappa shape index (κ2) is 6.10. The van der Waals surface area contributed by atoms with Crippen molar-refractivity contribution in [2.45, 2.75) is 19.3 Å². The van der Waals surface area contributed by atoms with E-state index >= 15 is 0 Å². The van der Waals surface area contributed by atoms with E-state index in [1.54, 1.807) is 0 Å². The molecule has 1 aliphatic rings. The molecule has 1 aromatic heterocycles. The van der Waals surface area contributed by atoms with Gasteiger partial charge in [-0.15, -0.1) is 0 Å². The van der Waals surface area contributed by atoms with Crippen LogP contribution in [0, 0.1) is 5.92 Å². The molecule has 1 aromatic carbocycles. The van der Waals surface area contributed by atoms with Gasteiger partial charge in [-0.25, -0.2) is 4.98 Å². The Morgan fingerprint density at radius 3 is 2.65 bits per heavy atom. The SMILES string of the molecule is Cn1c(Br)nc(CC2CCOCC2)c1-c1ccccc1. The molecule has 0 aliphatic carbocycles. The van der Waals surface area contributed by atoms with Crippen LogP contribution >= 0.6 is 15.9 Å². The summed E-state index contributed by atoms with van der Waals surface area (Å²) in [6.07, 6.45) is 3.32. The lowest BCUT2D eigenvalue weighted by atomic mass is 9.93. The number of hydrogen-bond donors (Lipinski definition) is 0. The molecule has 4 heteroatoms. The third-order valence-electron chi connectivity index (χ3n) is 3.98. The quantitative estimate of drug-likeness (QED) is 0.853. The molecule has 106 valence electrons. The molecule has 1 fully saturated rings. The third kappa shape index (κ3) is 2.81. The molecule has 0 amide bonds. The molecule has 3 nitrogen and oxygen atoms in total. The first-order chi connectivity index (χ1) is 9.75. The Morgan fingerprint density at radius 1 is 1.25 bits per heavy atom. The molecule has 0 spiro atoms. The lowest BCUT2D eigenvalue weighted by Gasteiger charge is -2.21. The van der Waals surface area contributed by atoms with Crippen LogP contribution in [-0.2, 0) is 18.2 Å². The highest BCUT2D eigenvalue weighted by Crippen LogP contribution is 2.30. The minimum absolute atomic E-state index is 0.688. The predicted octanol–water partition coefficient (Wildman–Crippen LogP) is 3.82. The van der Waals surface area contributed by atoms with Gasteiger partial charge in [0.05, 0.1) is 11.4 Å². The van der Waals surface area contributed by atoms with Crippen molar-refractivity contribution in [1.29, 1.82) is 0 Å². The summed E-state index contributed by atoms with van der Waals surface area (Å²) in [5.74, 6) is 0.688. The molecule has 20 heavy (non-hydrogen) atoms. The number of halogens is 1. The molecule has 2 aromatic rings. The van der Waals surface area contributed by atoms with E-state index in [0.717, 1.165) is 37.2 Å². The lowest BCUT2D eigenvalue weighted by molar-refractivity contribution is 0.0663. The summed E-state index contributed by atoms with van der Waals surface area (Å²) in [7, 11) is 2.06. The van der Waals surface area contributed by atoms with Gasteiger partial charge in [-0.1, -0.05) is 30.3 Å². The maximum Gasteiger partial charge on any atom is 0.177 e. The highest BCUT2D eigenvalue weighted by molar-refractivity contribution is 9.10. The van der Waals surface area contributed by atoms with Gasteiger partial charge >= 0.3 is 0 Å². The first kappa shape index (κ1) is 13.8. The normalized spacial score (nSPS) is 16.5.